The average molecular weight is 384 g/mol. The zero-order valence-corrected chi connectivity index (χ0v) is 16.4. The lowest BCUT2D eigenvalue weighted by Crippen LogP contribution is -2.47. The Labute approximate surface area is 164 Å². The average Bonchev–Trinajstić information content (AvgIpc) is 3.07. The summed E-state index contributed by atoms with van der Waals surface area (Å²) in [6.45, 7) is 3.28. The van der Waals surface area contributed by atoms with E-state index < -0.39 is 0 Å². The second-order valence-corrected chi connectivity index (χ2v) is 7.96. The monoisotopic (exact) mass is 383 g/mol. The Hall–Kier alpha value is -2.18. The molecule has 1 aromatic heterocycles. The zero-order valence-electron chi connectivity index (χ0n) is 15.6. The lowest BCUT2D eigenvalue weighted by atomic mass is 9.94. The van der Waals surface area contributed by atoms with Gasteiger partial charge in [-0.2, -0.15) is 0 Å². The highest BCUT2D eigenvalue weighted by molar-refractivity contribution is 7.07. The molecule has 3 saturated heterocycles. The molecule has 4 heterocycles. The van der Waals surface area contributed by atoms with E-state index in [1.807, 2.05) is 29.1 Å². The van der Waals surface area contributed by atoms with E-state index in [0.717, 1.165) is 49.5 Å². The van der Waals surface area contributed by atoms with Crippen LogP contribution in [-0.2, 0) is 11.3 Å². The summed E-state index contributed by atoms with van der Waals surface area (Å²) in [5.41, 5.74) is 3.92. The number of ether oxygens (including phenoxy) is 1. The van der Waals surface area contributed by atoms with Gasteiger partial charge in [0, 0.05) is 36.6 Å². The molecule has 5 rings (SSSR count). The number of nitrogens with zero attached hydrogens (tertiary/aromatic N) is 3. The number of hydrogen-bond donors (Lipinski definition) is 0. The van der Waals surface area contributed by atoms with Crippen molar-refractivity contribution in [2.45, 2.75) is 25.4 Å². The zero-order chi connectivity index (χ0) is 18.6. The van der Waals surface area contributed by atoms with Crippen molar-refractivity contribution < 1.29 is 9.53 Å². The van der Waals surface area contributed by atoms with Gasteiger partial charge in [0.05, 0.1) is 30.8 Å². The molecule has 2 atom stereocenters. The van der Waals surface area contributed by atoms with Gasteiger partial charge in [-0.1, -0.05) is 30.4 Å². The van der Waals surface area contributed by atoms with Crippen molar-refractivity contribution in [3.63, 3.8) is 0 Å². The Morgan fingerprint density at radius 1 is 1.30 bits per heavy atom. The number of para-hydroxylation sites is 1. The molecule has 6 heteroatoms. The van der Waals surface area contributed by atoms with Gasteiger partial charge in [-0.15, -0.1) is 11.3 Å². The minimum Gasteiger partial charge on any atom is -0.496 e. The molecule has 2 aromatic rings. The van der Waals surface area contributed by atoms with Gasteiger partial charge in [0.2, 0.25) is 5.91 Å². The lowest BCUT2D eigenvalue weighted by Gasteiger charge is -2.35. The molecule has 3 aliphatic rings. The van der Waals surface area contributed by atoms with Gasteiger partial charge >= 0.3 is 0 Å². The molecule has 2 bridgehead atoms. The summed E-state index contributed by atoms with van der Waals surface area (Å²) in [7, 11) is 1.70. The fourth-order valence-corrected chi connectivity index (χ4v) is 4.66. The van der Waals surface area contributed by atoms with Gasteiger partial charge < -0.3 is 9.64 Å². The molecular weight excluding hydrogens is 358 g/mol. The third-order valence-electron chi connectivity index (χ3n) is 5.48. The number of carbonyl (C=O) groups is 1. The van der Waals surface area contributed by atoms with Crippen LogP contribution in [0.15, 0.2) is 41.2 Å². The predicted octanol–water partition coefficient (Wildman–Crippen LogP) is 3.29. The number of fused-ring (bicyclic) bond motifs is 4. The van der Waals surface area contributed by atoms with Gasteiger partial charge in [0.1, 0.15) is 5.75 Å². The van der Waals surface area contributed by atoms with Crippen LogP contribution in [-0.4, -0.2) is 53.5 Å². The van der Waals surface area contributed by atoms with Crippen molar-refractivity contribution in [3.8, 4) is 5.75 Å². The number of methoxy groups -OCH3 is 1. The van der Waals surface area contributed by atoms with Crippen LogP contribution in [0.1, 0.15) is 24.1 Å². The van der Waals surface area contributed by atoms with Crippen LogP contribution in [0.5, 0.6) is 5.75 Å². The van der Waals surface area contributed by atoms with Crippen molar-refractivity contribution in [3.05, 3.63) is 52.5 Å². The maximum atomic E-state index is 12.9. The van der Waals surface area contributed by atoms with Gasteiger partial charge in [0.25, 0.3) is 0 Å². The number of carbonyl (C=O) groups excluding carboxylic acids is 1. The Kier molecular flexibility index (Phi) is 5.55. The Bertz CT molecular complexity index is 806. The van der Waals surface area contributed by atoms with Crippen molar-refractivity contribution in [1.29, 1.82) is 0 Å². The second-order valence-electron chi connectivity index (χ2n) is 7.24. The first-order valence-electron chi connectivity index (χ1n) is 9.44. The number of piperidine rings is 1. The minimum atomic E-state index is 0.113. The number of hydrogen-bond acceptors (Lipinski definition) is 5. The van der Waals surface area contributed by atoms with Crippen molar-refractivity contribution in [2.75, 3.05) is 26.7 Å². The van der Waals surface area contributed by atoms with Crippen LogP contribution >= 0.6 is 11.3 Å². The van der Waals surface area contributed by atoms with Crippen LogP contribution in [0, 0.1) is 5.92 Å². The first-order valence-corrected chi connectivity index (χ1v) is 10.4. The molecule has 0 N–H and O–H groups in total. The smallest absolute Gasteiger partial charge is 0.227 e. The summed E-state index contributed by atoms with van der Waals surface area (Å²) >= 11 is 1.59. The largest absolute Gasteiger partial charge is 0.496 e. The lowest BCUT2D eigenvalue weighted by molar-refractivity contribution is -0.140. The first-order chi connectivity index (χ1) is 13.2. The molecule has 5 nitrogen and oxygen atoms in total. The van der Waals surface area contributed by atoms with E-state index in [4.69, 9.17) is 4.74 Å². The van der Waals surface area contributed by atoms with Crippen molar-refractivity contribution >= 4 is 23.3 Å². The number of thiazole rings is 1. The molecule has 3 fully saturated rings. The third-order valence-corrected chi connectivity index (χ3v) is 6.12. The molecule has 1 amide bonds. The summed E-state index contributed by atoms with van der Waals surface area (Å²) < 4.78 is 5.41. The van der Waals surface area contributed by atoms with Crippen molar-refractivity contribution in [2.24, 2.45) is 5.92 Å². The maximum Gasteiger partial charge on any atom is 0.227 e. The van der Waals surface area contributed by atoms with Gasteiger partial charge in [-0.3, -0.25) is 9.69 Å². The summed E-state index contributed by atoms with van der Waals surface area (Å²) in [5, 5.41) is 2.04. The second kappa shape index (κ2) is 8.23. The molecule has 142 valence electrons. The SMILES string of the molecule is COc1ccccc1/C=C/CN1C[C@H]2CC[C@@H](C1)N(Cc1cscn1)C2=O. The quantitative estimate of drug-likeness (QED) is 0.768. The molecule has 27 heavy (non-hydrogen) atoms. The molecule has 0 aliphatic carbocycles. The maximum absolute atomic E-state index is 12.9. The standard InChI is InChI=1S/C21H25N3O2S/c1-26-20-7-3-2-5-16(20)6-4-10-23-11-17-8-9-19(13-23)24(21(17)25)12-18-14-27-15-22-18/h2-7,14-15,17,19H,8-13H2,1H3/b6-4+/t17-,19+/m1/s1. The molecular formula is C21H25N3O2S. The Morgan fingerprint density at radius 3 is 3.00 bits per heavy atom. The summed E-state index contributed by atoms with van der Waals surface area (Å²) in [6.07, 6.45) is 6.38. The van der Waals surface area contributed by atoms with E-state index in [1.54, 1.807) is 18.4 Å². The Morgan fingerprint density at radius 2 is 2.19 bits per heavy atom. The summed E-state index contributed by atoms with van der Waals surface area (Å²) in [6, 6.07) is 8.31. The first kappa shape index (κ1) is 18.2. The van der Waals surface area contributed by atoms with Gasteiger partial charge in [-0.05, 0) is 18.9 Å². The minimum absolute atomic E-state index is 0.113. The van der Waals surface area contributed by atoms with Crippen molar-refractivity contribution in [1.82, 2.24) is 14.8 Å². The number of benzene rings is 1. The predicted molar refractivity (Wildman–Crippen MR) is 108 cm³/mol. The van der Waals surface area contributed by atoms with Gasteiger partial charge in [-0.25, -0.2) is 4.98 Å². The molecule has 0 radical (unpaired) electrons. The highest BCUT2D eigenvalue weighted by Crippen LogP contribution is 2.30. The van der Waals surface area contributed by atoms with Crippen LogP contribution in [0.2, 0.25) is 0 Å². The van der Waals surface area contributed by atoms with Gasteiger partial charge in [0.15, 0.2) is 0 Å². The molecule has 3 aliphatic heterocycles. The van der Waals surface area contributed by atoms with Crippen LogP contribution in [0.3, 0.4) is 0 Å². The molecule has 0 saturated carbocycles. The summed E-state index contributed by atoms with van der Waals surface area (Å²) in [5.74, 6) is 1.30. The number of aromatic nitrogens is 1. The van der Waals surface area contributed by atoms with Crippen LogP contribution in [0.25, 0.3) is 6.08 Å². The van der Waals surface area contributed by atoms with Crippen LogP contribution in [0.4, 0.5) is 0 Å². The molecule has 0 unspecified atom stereocenters. The normalized spacial score (nSPS) is 23.1. The van der Waals surface area contributed by atoms with Crippen LogP contribution < -0.4 is 4.74 Å². The topological polar surface area (TPSA) is 45.7 Å². The number of amides is 1. The third kappa shape index (κ3) is 4.06. The van der Waals surface area contributed by atoms with E-state index in [1.165, 1.54) is 0 Å². The number of rotatable bonds is 6. The fraction of sp³-hybridized carbons (Fsp3) is 0.429. The molecule has 1 aromatic carbocycles. The van der Waals surface area contributed by atoms with E-state index in [2.05, 4.69) is 33.0 Å². The highest BCUT2D eigenvalue weighted by Gasteiger charge is 2.40. The fourth-order valence-electron chi connectivity index (χ4n) is 4.11. The van der Waals surface area contributed by atoms with E-state index in [9.17, 15) is 4.79 Å². The Balaban J connectivity index is 1.42. The van der Waals surface area contributed by atoms with E-state index >= 15 is 0 Å². The van der Waals surface area contributed by atoms with E-state index in [0.29, 0.717) is 12.5 Å². The van der Waals surface area contributed by atoms with E-state index in [-0.39, 0.29) is 12.0 Å². The molecule has 0 spiro atoms. The highest BCUT2D eigenvalue weighted by atomic mass is 32.1. The summed E-state index contributed by atoms with van der Waals surface area (Å²) in [4.78, 5) is 21.7.